The van der Waals surface area contributed by atoms with Crippen LogP contribution >= 0.6 is 11.6 Å². The van der Waals surface area contributed by atoms with Gasteiger partial charge in [0.25, 0.3) is 0 Å². The Morgan fingerprint density at radius 3 is 2.68 bits per heavy atom. The van der Waals surface area contributed by atoms with Crippen LogP contribution in [0.2, 0.25) is 5.02 Å². The van der Waals surface area contributed by atoms with Gasteiger partial charge in [-0.1, -0.05) is 29.8 Å². The zero-order valence-corrected chi connectivity index (χ0v) is 14.2. The fourth-order valence-corrected chi connectivity index (χ4v) is 3.11. The number of halogens is 4. The van der Waals surface area contributed by atoms with Crippen molar-refractivity contribution in [3.63, 3.8) is 0 Å². The normalized spacial score (nSPS) is 15.0. The second-order valence-electron chi connectivity index (χ2n) is 5.93. The predicted molar refractivity (Wildman–Crippen MR) is 92.0 cm³/mol. The van der Waals surface area contributed by atoms with Crippen molar-refractivity contribution in [2.45, 2.75) is 25.6 Å². The van der Waals surface area contributed by atoms with Gasteiger partial charge in [-0.15, -0.1) is 0 Å². The van der Waals surface area contributed by atoms with Gasteiger partial charge in [0.05, 0.1) is 16.3 Å². The zero-order chi connectivity index (χ0) is 18.2. The van der Waals surface area contributed by atoms with Crippen molar-refractivity contribution in [1.29, 1.82) is 0 Å². The maximum Gasteiger partial charge on any atom is 0.416 e. The number of rotatable bonds is 3. The summed E-state index contributed by atoms with van der Waals surface area (Å²) < 4.78 is 38.5. The molecular weight excluding hydrogens is 353 g/mol. The topological polar surface area (TPSA) is 32.3 Å². The van der Waals surface area contributed by atoms with Crippen molar-refractivity contribution in [1.82, 2.24) is 0 Å². The van der Waals surface area contributed by atoms with Gasteiger partial charge in [0, 0.05) is 12.2 Å². The molecule has 0 saturated carbocycles. The lowest BCUT2D eigenvalue weighted by Gasteiger charge is -2.26. The van der Waals surface area contributed by atoms with E-state index in [0.717, 1.165) is 35.9 Å². The van der Waals surface area contributed by atoms with E-state index >= 15 is 0 Å². The highest BCUT2D eigenvalue weighted by molar-refractivity contribution is 6.33. The number of carbonyl (C=O) groups excluding carboxylic acids is 1. The molecular formula is C18H16ClF3N2O. The Morgan fingerprint density at radius 1 is 1.24 bits per heavy atom. The second kappa shape index (κ2) is 6.59. The molecule has 1 amide bonds. The van der Waals surface area contributed by atoms with Gasteiger partial charge in [-0.2, -0.15) is 13.2 Å². The molecule has 0 bridgehead atoms. The van der Waals surface area contributed by atoms with Gasteiger partial charge in [0.2, 0.25) is 5.91 Å². The fourth-order valence-electron chi connectivity index (χ4n) is 2.94. The molecule has 7 heteroatoms. The maximum atomic E-state index is 12.8. The number of carbonyl (C=O) groups is 1. The average molecular weight is 369 g/mol. The molecule has 0 unspecified atom stereocenters. The first-order valence-electron chi connectivity index (χ1n) is 7.79. The van der Waals surface area contributed by atoms with Crippen LogP contribution in [-0.2, 0) is 17.4 Å². The molecule has 25 heavy (non-hydrogen) atoms. The van der Waals surface area contributed by atoms with Crippen molar-refractivity contribution >= 4 is 28.9 Å². The maximum absolute atomic E-state index is 12.8. The molecule has 0 aromatic heterocycles. The van der Waals surface area contributed by atoms with E-state index in [1.807, 2.05) is 29.2 Å². The van der Waals surface area contributed by atoms with Crippen LogP contribution in [0.5, 0.6) is 0 Å². The summed E-state index contributed by atoms with van der Waals surface area (Å²) >= 11 is 5.94. The van der Waals surface area contributed by atoms with Crippen molar-refractivity contribution in [3.05, 3.63) is 58.6 Å². The first-order valence-corrected chi connectivity index (χ1v) is 8.17. The van der Waals surface area contributed by atoms with Crippen molar-refractivity contribution < 1.29 is 18.0 Å². The Kier molecular flexibility index (Phi) is 4.64. The first kappa shape index (κ1) is 17.6. The first-order chi connectivity index (χ1) is 11.8. The minimum Gasteiger partial charge on any atom is -0.359 e. The van der Waals surface area contributed by atoms with E-state index in [1.54, 1.807) is 6.92 Å². The van der Waals surface area contributed by atoms with Crippen LogP contribution in [0.15, 0.2) is 42.5 Å². The number of para-hydroxylation sites is 1. The van der Waals surface area contributed by atoms with Crippen LogP contribution in [0.3, 0.4) is 0 Å². The Bertz CT molecular complexity index is 807. The molecule has 3 nitrogen and oxygen atoms in total. The summed E-state index contributed by atoms with van der Waals surface area (Å²) in [5.41, 5.74) is 1.23. The number of fused-ring (bicyclic) bond motifs is 1. The Morgan fingerprint density at radius 2 is 1.96 bits per heavy atom. The van der Waals surface area contributed by atoms with Crippen LogP contribution in [0.1, 0.15) is 18.1 Å². The third kappa shape index (κ3) is 3.58. The fraction of sp³-hybridized carbons (Fsp3) is 0.278. The molecule has 1 aliphatic heterocycles. The van der Waals surface area contributed by atoms with Gasteiger partial charge in [0.15, 0.2) is 0 Å². The summed E-state index contributed by atoms with van der Waals surface area (Å²) in [4.78, 5) is 14.5. The SMILES string of the molecule is C[C@H](C(=O)Nc1cc(C(F)(F)F)ccc1Cl)N1CCc2ccccc21. The largest absolute Gasteiger partial charge is 0.416 e. The quantitative estimate of drug-likeness (QED) is 0.848. The summed E-state index contributed by atoms with van der Waals surface area (Å²) in [6, 6.07) is 10.1. The van der Waals surface area contributed by atoms with Gasteiger partial charge in [-0.05, 0) is 43.2 Å². The highest BCUT2D eigenvalue weighted by Crippen LogP contribution is 2.34. The number of anilines is 2. The number of hydrogen-bond acceptors (Lipinski definition) is 2. The number of benzene rings is 2. The van der Waals surface area contributed by atoms with E-state index in [0.29, 0.717) is 6.54 Å². The lowest BCUT2D eigenvalue weighted by atomic mass is 10.1. The molecule has 1 heterocycles. The molecule has 0 spiro atoms. The molecule has 3 rings (SSSR count). The molecule has 1 atom stereocenters. The number of amides is 1. The summed E-state index contributed by atoms with van der Waals surface area (Å²) in [7, 11) is 0. The minimum absolute atomic E-state index is 0.0409. The second-order valence-corrected chi connectivity index (χ2v) is 6.34. The molecule has 2 aromatic rings. The van der Waals surface area contributed by atoms with Gasteiger partial charge in [-0.3, -0.25) is 4.79 Å². The van der Waals surface area contributed by atoms with E-state index in [2.05, 4.69) is 5.32 Å². The van der Waals surface area contributed by atoms with Crippen LogP contribution in [-0.4, -0.2) is 18.5 Å². The molecule has 0 saturated heterocycles. The average Bonchev–Trinajstić information content (AvgIpc) is 2.99. The zero-order valence-electron chi connectivity index (χ0n) is 13.4. The summed E-state index contributed by atoms with van der Waals surface area (Å²) in [6.07, 6.45) is -3.66. The van der Waals surface area contributed by atoms with Crippen LogP contribution < -0.4 is 10.2 Å². The van der Waals surface area contributed by atoms with E-state index in [4.69, 9.17) is 11.6 Å². The predicted octanol–water partition coefficient (Wildman–Crippen LogP) is 4.75. The summed E-state index contributed by atoms with van der Waals surface area (Å²) in [5.74, 6) is -0.405. The smallest absolute Gasteiger partial charge is 0.359 e. The molecule has 1 aliphatic rings. The number of hydrogen-bond donors (Lipinski definition) is 1. The molecule has 2 aromatic carbocycles. The Labute approximate surface area is 148 Å². The van der Waals surface area contributed by atoms with Crippen LogP contribution in [0.25, 0.3) is 0 Å². The van der Waals surface area contributed by atoms with E-state index in [1.165, 1.54) is 0 Å². The molecule has 0 fully saturated rings. The van der Waals surface area contributed by atoms with E-state index < -0.39 is 23.7 Å². The molecule has 1 N–H and O–H groups in total. The Hall–Kier alpha value is -2.21. The highest BCUT2D eigenvalue weighted by atomic mass is 35.5. The van der Waals surface area contributed by atoms with Gasteiger partial charge in [-0.25, -0.2) is 0 Å². The molecule has 0 radical (unpaired) electrons. The monoisotopic (exact) mass is 368 g/mol. The lowest BCUT2D eigenvalue weighted by Crippen LogP contribution is -2.41. The lowest BCUT2D eigenvalue weighted by molar-refractivity contribution is -0.137. The van der Waals surface area contributed by atoms with Crippen LogP contribution in [0, 0.1) is 0 Å². The Balaban J connectivity index is 1.79. The van der Waals surface area contributed by atoms with Crippen molar-refractivity contribution in [2.75, 3.05) is 16.8 Å². The third-order valence-electron chi connectivity index (χ3n) is 4.32. The number of nitrogens with zero attached hydrogens (tertiary/aromatic N) is 1. The van der Waals surface area contributed by atoms with Crippen molar-refractivity contribution in [2.24, 2.45) is 0 Å². The summed E-state index contributed by atoms with van der Waals surface area (Å²) in [5, 5.41) is 2.58. The summed E-state index contributed by atoms with van der Waals surface area (Å²) in [6.45, 7) is 2.41. The number of alkyl halides is 3. The van der Waals surface area contributed by atoms with Gasteiger partial charge < -0.3 is 10.2 Å². The molecule has 0 aliphatic carbocycles. The van der Waals surface area contributed by atoms with Gasteiger partial charge in [0.1, 0.15) is 6.04 Å². The standard InChI is InChI=1S/C18H16ClF3N2O/c1-11(24-9-8-12-4-2-3-5-16(12)24)17(25)23-15-10-13(18(20,21)22)6-7-14(15)19/h2-7,10-11H,8-9H2,1H3,(H,23,25)/t11-/m1/s1. The van der Waals surface area contributed by atoms with Crippen LogP contribution in [0.4, 0.5) is 24.5 Å². The van der Waals surface area contributed by atoms with E-state index in [9.17, 15) is 18.0 Å². The third-order valence-corrected chi connectivity index (χ3v) is 4.65. The minimum atomic E-state index is -4.50. The molecule has 132 valence electrons. The van der Waals surface area contributed by atoms with Gasteiger partial charge >= 0.3 is 6.18 Å². The highest BCUT2D eigenvalue weighted by Gasteiger charge is 2.32. The number of nitrogens with one attached hydrogen (secondary N) is 1. The van der Waals surface area contributed by atoms with E-state index in [-0.39, 0.29) is 10.7 Å². The van der Waals surface area contributed by atoms with Crippen molar-refractivity contribution in [3.8, 4) is 0 Å².